The Bertz CT molecular complexity index is 1570. The number of aryl methyl sites for hydroxylation is 1. The van der Waals surface area contributed by atoms with Gasteiger partial charge < -0.3 is 10.6 Å². The summed E-state index contributed by atoms with van der Waals surface area (Å²) in [6.07, 6.45) is 4.42. The molecule has 0 spiro atoms. The monoisotopic (exact) mass is 574 g/mol. The van der Waals surface area contributed by atoms with Crippen LogP contribution in [0, 0.1) is 0 Å². The van der Waals surface area contributed by atoms with Crippen molar-refractivity contribution in [2.24, 2.45) is 10.9 Å². The van der Waals surface area contributed by atoms with Crippen LogP contribution in [0.4, 0.5) is 0 Å². The quantitative estimate of drug-likeness (QED) is 0.163. The molecule has 1 amide bonds. The number of fused-ring (bicyclic) bond motifs is 1. The van der Waals surface area contributed by atoms with Gasteiger partial charge in [-0.05, 0) is 30.0 Å². The van der Waals surface area contributed by atoms with Crippen molar-refractivity contribution in [1.82, 2.24) is 19.2 Å². The van der Waals surface area contributed by atoms with E-state index in [9.17, 15) is 14.4 Å². The van der Waals surface area contributed by atoms with Crippen LogP contribution in [0.15, 0.2) is 64.8 Å². The lowest BCUT2D eigenvalue weighted by molar-refractivity contribution is -0.140. The molecule has 0 unspecified atom stereocenters. The smallest absolute Gasteiger partial charge is 0.331 e. The van der Waals surface area contributed by atoms with Crippen molar-refractivity contribution in [3.05, 3.63) is 87.6 Å². The van der Waals surface area contributed by atoms with Crippen molar-refractivity contribution >= 4 is 23.4 Å². The van der Waals surface area contributed by atoms with Gasteiger partial charge in [-0.15, -0.1) is 0 Å². The van der Waals surface area contributed by atoms with Crippen molar-refractivity contribution in [3.63, 3.8) is 0 Å². The lowest BCUT2D eigenvalue weighted by Gasteiger charge is -2.15. The summed E-state index contributed by atoms with van der Waals surface area (Å²) in [4.78, 5) is 45.3. The lowest BCUT2D eigenvalue weighted by atomic mass is 9.95. The van der Waals surface area contributed by atoms with Crippen LogP contribution in [0.5, 0.6) is 0 Å². The molecular formula is C32H42N6O4. The van der Waals surface area contributed by atoms with E-state index in [4.69, 9.17) is 10.6 Å². The first-order chi connectivity index (χ1) is 20.2. The largest absolute Gasteiger partial charge is 0.368 e. The zero-order valence-corrected chi connectivity index (χ0v) is 25.7. The van der Waals surface area contributed by atoms with Gasteiger partial charge in [0.1, 0.15) is 12.9 Å². The van der Waals surface area contributed by atoms with E-state index in [1.54, 1.807) is 11.4 Å². The molecule has 0 bridgehead atoms. The molecule has 10 heteroatoms. The average Bonchev–Trinajstić information content (AvgIpc) is 3.47. The molecule has 0 aliphatic heterocycles. The molecule has 0 saturated carbocycles. The zero-order valence-electron chi connectivity index (χ0n) is 25.7. The number of carbonyl (C=O) groups is 2. The van der Waals surface area contributed by atoms with E-state index >= 15 is 0 Å². The number of nitrogens with two attached hydrogens (primary N) is 1. The van der Waals surface area contributed by atoms with Gasteiger partial charge in [0.05, 0.1) is 11.4 Å². The molecule has 4 aromatic rings. The summed E-state index contributed by atoms with van der Waals surface area (Å²) >= 11 is 0. The maximum Gasteiger partial charge on any atom is 0.331 e. The van der Waals surface area contributed by atoms with Crippen LogP contribution in [0.2, 0.25) is 0 Å². The maximum atomic E-state index is 13.5. The molecule has 0 fully saturated rings. The van der Waals surface area contributed by atoms with E-state index in [1.807, 2.05) is 69.3 Å². The van der Waals surface area contributed by atoms with Gasteiger partial charge in [0.2, 0.25) is 11.7 Å². The van der Waals surface area contributed by atoms with E-state index in [0.717, 1.165) is 34.4 Å². The summed E-state index contributed by atoms with van der Waals surface area (Å²) in [6, 6.07) is 15.6. The van der Waals surface area contributed by atoms with E-state index in [1.165, 1.54) is 24.2 Å². The van der Waals surface area contributed by atoms with Crippen molar-refractivity contribution in [3.8, 4) is 11.1 Å². The molecule has 2 aromatic heterocycles. The van der Waals surface area contributed by atoms with Crippen LogP contribution >= 0.6 is 0 Å². The number of nitrogens with zero attached hydrogens (tertiary/aromatic N) is 5. The van der Waals surface area contributed by atoms with Crippen molar-refractivity contribution in [2.75, 3.05) is 0 Å². The molecule has 4 rings (SSSR count). The average molecular weight is 575 g/mol. The third kappa shape index (κ3) is 8.45. The summed E-state index contributed by atoms with van der Waals surface area (Å²) in [5.41, 5.74) is 10.7. The number of amides is 1. The molecule has 224 valence electrons. The highest BCUT2D eigenvalue weighted by molar-refractivity contribution is 6.04. The molecule has 2 heterocycles. The zero-order chi connectivity index (χ0) is 31.2. The molecule has 10 nitrogen and oxygen atoms in total. The summed E-state index contributed by atoms with van der Waals surface area (Å²) < 4.78 is 2.90. The molecule has 42 heavy (non-hydrogen) atoms. The summed E-state index contributed by atoms with van der Waals surface area (Å²) in [6.45, 7) is 13.1. The Kier molecular flexibility index (Phi) is 13.3. The fourth-order valence-electron chi connectivity index (χ4n) is 4.32. The van der Waals surface area contributed by atoms with Gasteiger partial charge in [-0.2, -0.15) is 10.1 Å². The van der Waals surface area contributed by atoms with Crippen LogP contribution in [0.25, 0.3) is 16.9 Å². The van der Waals surface area contributed by atoms with Gasteiger partial charge in [0.25, 0.3) is 5.56 Å². The Morgan fingerprint density at radius 1 is 1.00 bits per heavy atom. The molecule has 0 radical (unpaired) electrons. The number of hydrogen-bond acceptors (Lipinski definition) is 7. The van der Waals surface area contributed by atoms with Gasteiger partial charge in [-0.3, -0.25) is 14.2 Å². The number of oxime groups is 1. The predicted molar refractivity (Wildman–Crippen MR) is 166 cm³/mol. The Labute approximate surface area is 247 Å². The molecule has 2 N–H and O–H groups in total. The summed E-state index contributed by atoms with van der Waals surface area (Å²) in [7, 11) is 0. The van der Waals surface area contributed by atoms with Gasteiger partial charge in [0.15, 0.2) is 0 Å². The minimum Gasteiger partial charge on any atom is -0.368 e. The van der Waals surface area contributed by atoms with Crippen LogP contribution in [0.3, 0.4) is 0 Å². The van der Waals surface area contributed by atoms with E-state index in [-0.39, 0.29) is 12.1 Å². The molecule has 2 aromatic carbocycles. The van der Waals surface area contributed by atoms with Crippen molar-refractivity contribution in [2.45, 2.75) is 80.7 Å². The van der Waals surface area contributed by atoms with Crippen LogP contribution in [0.1, 0.15) is 83.7 Å². The molecule has 0 aliphatic rings. The van der Waals surface area contributed by atoms with Gasteiger partial charge in [-0.1, -0.05) is 101 Å². The Hall–Kier alpha value is -4.60. The fourth-order valence-corrected chi connectivity index (χ4v) is 4.32. The van der Waals surface area contributed by atoms with Crippen LogP contribution < -0.4 is 11.3 Å². The third-order valence-corrected chi connectivity index (χ3v) is 5.95. The van der Waals surface area contributed by atoms with Crippen LogP contribution in [-0.4, -0.2) is 36.8 Å². The second-order valence-electron chi connectivity index (χ2n) is 9.39. The highest BCUT2D eigenvalue weighted by atomic mass is 16.7. The van der Waals surface area contributed by atoms with E-state index in [0.29, 0.717) is 29.9 Å². The topological polar surface area (TPSA) is 134 Å². The number of benzene rings is 2. The first-order valence-corrected chi connectivity index (χ1v) is 14.3. The third-order valence-electron chi connectivity index (χ3n) is 5.95. The number of carbonyl (C=O) groups excluding carboxylic acids is 2. The SMILES string of the molecule is CC.CCC.CCCc1c(Cc2ccc(-c3ccccc3/C(C)=N/OC(C)=O)cc2)c(=O)n(CC(N)=O)c2ncnn12. The molecule has 0 saturated heterocycles. The first kappa shape index (κ1) is 33.6. The lowest BCUT2D eigenvalue weighted by Crippen LogP contribution is -2.33. The summed E-state index contributed by atoms with van der Waals surface area (Å²) in [5, 5.41) is 8.23. The second-order valence-corrected chi connectivity index (χ2v) is 9.39. The van der Waals surface area contributed by atoms with Crippen LogP contribution in [-0.2, 0) is 33.8 Å². The number of rotatable bonds is 9. The highest BCUT2D eigenvalue weighted by Gasteiger charge is 2.19. The van der Waals surface area contributed by atoms with Gasteiger partial charge in [0, 0.05) is 24.5 Å². The Balaban J connectivity index is 0.00000116. The first-order valence-electron chi connectivity index (χ1n) is 14.3. The van der Waals surface area contributed by atoms with Gasteiger partial charge >= 0.3 is 5.97 Å². The minimum atomic E-state index is -0.628. The molecular weight excluding hydrogens is 532 g/mol. The molecule has 0 aliphatic carbocycles. The molecule has 0 atom stereocenters. The van der Waals surface area contributed by atoms with E-state index in [2.05, 4.69) is 29.1 Å². The number of hydrogen-bond donors (Lipinski definition) is 1. The number of aromatic nitrogens is 4. The highest BCUT2D eigenvalue weighted by Crippen LogP contribution is 2.26. The summed E-state index contributed by atoms with van der Waals surface area (Å²) in [5.74, 6) is -0.812. The minimum absolute atomic E-state index is 0.273. The van der Waals surface area contributed by atoms with Crippen molar-refractivity contribution in [1.29, 1.82) is 0 Å². The van der Waals surface area contributed by atoms with Crippen molar-refractivity contribution < 1.29 is 14.4 Å². The predicted octanol–water partition coefficient (Wildman–Crippen LogP) is 5.32. The van der Waals surface area contributed by atoms with E-state index < -0.39 is 11.9 Å². The maximum absolute atomic E-state index is 13.5. The fraction of sp³-hybridized carbons (Fsp3) is 0.375. The Morgan fingerprint density at radius 3 is 2.24 bits per heavy atom. The normalized spacial score (nSPS) is 10.8. The standard InChI is InChI=1S/C27H28N6O4.C3H8.C2H6/c1-4-7-24-23(26(36)32(15-25(28)35)27-29-16-30-33(24)27)14-19-10-12-20(13-11-19)22-9-6-5-8-21(22)17(2)31-37-18(3)34;1-3-2;1-2/h5-6,8-13,16H,4,7,14-15H2,1-3H3,(H2,28,35);3H2,1-2H3;1-2H3/b31-17+;;. The Morgan fingerprint density at radius 2 is 1.64 bits per heavy atom. The van der Waals surface area contributed by atoms with Gasteiger partial charge in [-0.25, -0.2) is 9.31 Å². The second kappa shape index (κ2) is 16.6. The number of primary amides is 1.